The largest absolute Gasteiger partial charge is 0.496 e. The molecule has 3 heterocycles. The van der Waals surface area contributed by atoms with Gasteiger partial charge in [-0.15, -0.1) is 0 Å². The van der Waals surface area contributed by atoms with Crippen molar-refractivity contribution in [3.63, 3.8) is 0 Å². The van der Waals surface area contributed by atoms with Crippen LogP contribution in [0.3, 0.4) is 0 Å². The lowest BCUT2D eigenvalue weighted by atomic mass is 10.1. The standard InChI is InChI=1S/C25H23N3O3S/c1-16-7-9-19(10-8-16)32(29,30)28-23(13-18-6-5-11-26-25(18)28)21-15-27(3)22-12-17(2)24(31-4)14-20(21)22/h5-15H,1-4H3. The molecule has 0 aliphatic heterocycles. The monoisotopic (exact) mass is 445 g/mol. The molecule has 7 heteroatoms. The first kappa shape index (κ1) is 20.3. The first-order chi connectivity index (χ1) is 15.3. The highest BCUT2D eigenvalue weighted by Gasteiger charge is 2.26. The van der Waals surface area contributed by atoms with Crippen molar-refractivity contribution in [1.29, 1.82) is 0 Å². The number of methoxy groups -OCH3 is 1. The molecular weight excluding hydrogens is 422 g/mol. The molecule has 5 rings (SSSR count). The van der Waals surface area contributed by atoms with Crippen LogP contribution < -0.4 is 4.74 Å². The van der Waals surface area contributed by atoms with E-state index in [1.165, 1.54) is 3.97 Å². The summed E-state index contributed by atoms with van der Waals surface area (Å²) in [5.41, 5.74) is 4.78. The van der Waals surface area contributed by atoms with E-state index in [0.717, 1.165) is 38.7 Å². The molecule has 0 saturated heterocycles. The topological polar surface area (TPSA) is 66.1 Å². The Kier molecular flexibility index (Phi) is 4.60. The summed E-state index contributed by atoms with van der Waals surface area (Å²) in [6, 6.07) is 16.5. The van der Waals surface area contributed by atoms with E-state index < -0.39 is 10.0 Å². The summed E-state index contributed by atoms with van der Waals surface area (Å²) in [6.07, 6.45) is 3.57. The van der Waals surface area contributed by atoms with Crippen LogP contribution in [-0.4, -0.2) is 29.1 Å². The second-order valence-corrected chi connectivity index (χ2v) is 9.81. The second kappa shape index (κ2) is 7.24. The lowest BCUT2D eigenvalue weighted by molar-refractivity contribution is 0.412. The van der Waals surface area contributed by atoms with Gasteiger partial charge in [0.15, 0.2) is 5.65 Å². The molecule has 0 radical (unpaired) electrons. The number of pyridine rings is 1. The molecule has 0 atom stereocenters. The van der Waals surface area contributed by atoms with Crippen LogP contribution in [0.1, 0.15) is 11.1 Å². The molecule has 0 aliphatic rings. The third kappa shape index (κ3) is 3.00. The maximum absolute atomic E-state index is 13.8. The molecule has 0 bridgehead atoms. The van der Waals surface area contributed by atoms with Gasteiger partial charge in [-0.3, -0.25) is 0 Å². The fourth-order valence-corrected chi connectivity index (χ4v) is 5.68. The highest BCUT2D eigenvalue weighted by molar-refractivity contribution is 7.90. The van der Waals surface area contributed by atoms with Crippen LogP contribution in [0.15, 0.2) is 71.9 Å². The van der Waals surface area contributed by atoms with Gasteiger partial charge in [0.05, 0.1) is 17.7 Å². The van der Waals surface area contributed by atoms with Crippen molar-refractivity contribution in [3.05, 3.63) is 78.1 Å². The Morgan fingerprint density at radius 2 is 1.75 bits per heavy atom. The van der Waals surface area contributed by atoms with E-state index in [0.29, 0.717) is 11.3 Å². The fourth-order valence-electron chi connectivity index (χ4n) is 4.20. The Morgan fingerprint density at radius 3 is 2.47 bits per heavy atom. The Bertz CT molecular complexity index is 1590. The Labute approximate surface area is 186 Å². The molecule has 0 fully saturated rings. The summed E-state index contributed by atoms with van der Waals surface area (Å²) in [6.45, 7) is 3.92. The van der Waals surface area contributed by atoms with E-state index in [2.05, 4.69) is 11.1 Å². The summed E-state index contributed by atoms with van der Waals surface area (Å²) in [4.78, 5) is 4.65. The predicted molar refractivity (Wildman–Crippen MR) is 127 cm³/mol. The van der Waals surface area contributed by atoms with Crippen molar-refractivity contribution >= 4 is 32.0 Å². The predicted octanol–water partition coefficient (Wildman–Crippen LogP) is 5.06. The third-order valence-electron chi connectivity index (χ3n) is 5.86. The van der Waals surface area contributed by atoms with E-state index in [9.17, 15) is 8.42 Å². The van der Waals surface area contributed by atoms with E-state index in [1.54, 1.807) is 37.6 Å². The van der Waals surface area contributed by atoms with Crippen molar-refractivity contribution in [2.45, 2.75) is 18.7 Å². The zero-order chi connectivity index (χ0) is 22.6. The van der Waals surface area contributed by atoms with Gasteiger partial charge in [0.2, 0.25) is 0 Å². The van der Waals surface area contributed by atoms with Crippen molar-refractivity contribution in [3.8, 4) is 17.0 Å². The molecular formula is C25H23N3O3S. The lowest BCUT2D eigenvalue weighted by Gasteiger charge is -2.12. The van der Waals surface area contributed by atoms with E-state index in [1.807, 2.05) is 55.9 Å². The Balaban J connectivity index is 1.87. The Hall–Kier alpha value is -3.58. The van der Waals surface area contributed by atoms with Crippen LogP contribution in [0.5, 0.6) is 5.75 Å². The van der Waals surface area contributed by atoms with E-state index in [-0.39, 0.29) is 4.90 Å². The van der Waals surface area contributed by atoms with Gasteiger partial charge >= 0.3 is 0 Å². The van der Waals surface area contributed by atoms with Crippen molar-refractivity contribution in [1.82, 2.24) is 13.5 Å². The van der Waals surface area contributed by atoms with E-state index in [4.69, 9.17) is 4.74 Å². The molecule has 162 valence electrons. The molecule has 5 aromatic rings. The molecule has 6 nitrogen and oxygen atoms in total. The highest BCUT2D eigenvalue weighted by Crippen LogP contribution is 2.38. The summed E-state index contributed by atoms with van der Waals surface area (Å²) < 4.78 is 36.6. The number of rotatable bonds is 4. The van der Waals surface area contributed by atoms with Crippen molar-refractivity contribution in [2.24, 2.45) is 7.05 Å². The maximum Gasteiger partial charge on any atom is 0.269 e. The van der Waals surface area contributed by atoms with Gasteiger partial charge in [-0.2, -0.15) is 0 Å². The fraction of sp³-hybridized carbons (Fsp3) is 0.160. The second-order valence-electron chi connectivity index (χ2n) is 8.02. The SMILES string of the molecule is COc1cc2c(-c3cc4cccnc4n3S(=O)(=O)c3ccc(C)cc3)cn(C)c2cc1C. The minimum Gasteiger partial charge on any atom is -0.496 e. The number of aromatic nitrogens is 3. The molecule has 0 N–H and O–H groups in total. The number of hydrogen-bond donors (Lipinski definition) is 0. The summed E-state index contributed by atoms with van der Waals surface area (Å²) in [5.74, 6) is 0.757. The number of nitrogens with zero attached hydrogens (tertiary/aromatic N) is 3. The molecule has 32 heavy (non-hydrogen) atoms. The highest BCUT2D eigenvalue weighted by atomic mass is 32.2. The molecule has 3 aromatic heterocycles. The summed E-state index contributed by atoms with van der Waals surface area (Å²) in [5, 5.41) is 1.67. The van der Waals surface area contributed by atoms with Crippen LogP contribution in [0.4, 0.5) is 0 Å². The van der Waals surface area contributed by atoms with Gasteiger partial charge < -0.3 is 9.30 Å². The molecule has 0 spiro atoms. The average Bonchev–Trinajstić information content (AvgIpc) is 3.31. The van der Waals surface area contributed by atoms with E-state index >= 15 is 0 Å². The number of aryl methyl sites for hydroxylation is 3. The first-order valence-corrected chi connectivity index (χ1v) is 11.7. The first-order valence-electron chi connectivity index (χ1n) is 10.2. The van der Waals surface area contributed by atoms with Crippen LogP contribution >= 0.6 is 0 Å². The molecule has 2 aromatic carbocycles. The van der Waals surface area contributed by atoms with Gasteiger partial charge in [0, 0.05) is 41.3 Å². The van der Waals surface area contributed by atoms with Gasteiger partial charge in [-0.25, -0.2) is 17.4 Å². The Morgan fingerprint density at radius 1 is 1.00 bits per heavy atom. The lowest BCUT2D eigenvalue weighted by Crippen LogP contribution is -2.14. The number of benzene rings is 2. The molecule has 0 saturated carbocycles. The normalized spacial score (nSPS) is 12.0. The smallest absolute Gasteiger partial charge is 0.269 e. The number of ether oxygens (including phenoxy) is 1. The molecule has 0 amide bonds. The van der Waals surface area contributed by atoms with Gasteiger partial charge in [-0.05, 0) is 61.9 Å². The minimum atomic E-state index is -3.89. The van der Waals surface area contributed by atoms with Gasteiger partial charge in [-0.1, -0.05) is 17.7 Å². The average molecular weight is 446 g/mol. The number of fused-ring (bicyclic) bond motifs is 2. The van der Waals surface area contributed by atoms with Crippen LogP contribution in [-0.2, 0) is 17.1 Å². The van der Waals surface area contributed by atoms with Crippen molar-refractivity contribution < 1.29 is 13.2 Å². The van der Waals surface area contributed by atoms with Gasteiger partial charge in [0.1, 0.15) is 5.75 Å². The minimum absolute atomic E-state index is 0.223. The zero-order valence-corrected chi connectivity index (χ0v) is 19.1. The van der Waals surface area contributed by atoms with Crippen LogP contribution in [0, 0.1) is 13.8 Å². The third-order valence-corrected chi connectivity index (χ3v) is 7.58. The molecule has 0 aliphatic carbocycles. The summed E-state index contributed by atoms with van der Waals surface area (Å²) in [7, 11) is -0.293. The zero-order valence-electron chi connectivity index (χ0n) is 18.3. The molecule has 0 unspecified atom stereocenters. The van der Waals surface area contributed by atoms with Crippen LogP contribution in [0.2, 0.25) is 0 Å². The van der Waals surface area contributed by atoms with Gasteiger partial charge in [0.25, 0.3) is 10.0 Å². The number of hydrogen-bond acceptors (Lipinski definition) is 4. The quantitative estimate of drug-likeness (QED) is 0.388. The van der Waals surface area contributed by atoms with Crippen molar-refractivity contribution in [2.75, 3.05) is 7.11 Å². The van der Waals surface area contributed by atoms with Crippen LogP contribution in [0.25, 0.3) is 33.2 Å². The maximum atomic E-state index is 13.8. The summed E-state index contributed by atoms with van der Waals surface area (Å²) >= 11 is 0.